The van der Waals surface area contributed by atoms with E-state index >= 15 is 0 Å². The van der Waals surface area contributed by atoms with Gasteiger partial charge in [-0.15, -0.1) is 0 Å². The Morgan fingerprint density at radius 1 is 0.795 bits per heavy atom. The third kappa shape index (κ3) is 8.33. The lowest BCUT2D eigenvalue weighted by Crippen LogP contribution is -2.27. The number of ether oxygens (including phenoxy) is 1. The molecule has 0 amide bonds. The molecule has 0 bridgehead atoms. The molecule has 0 heterocycles. The van der Waals surface area contributed by atoms with Crippen LogP contribution < -0.4 is 0 Å². The van der Waals surface area contributed by atoms with Gasteiger partial charge in [-0.25, -0.2) is 4.39 Å². The average molecular weight is 539 g/mol. The minimum atomic E-state index is -3.89. The molecule has 2 saturated carbocycles. The van der Waals surface area contributed by atoms with E-state index in [0.29, 0.717) is 23.3 Å². The first-order valence-electron chi connectivity index (χ1n) is 15.0. The number of alkyl halides is 3. The van der Waals surface area contributed by atoms with E-state index in [2.05, 4.69) is 38.2 Å². The molecule has 4 heteroatoms. The molecule has 4 rings (SSSR count). The van der Waals surface area contributed by atoms with Gasteiger partial charge < -0.3 is 4.74 Å². The summed E-state index contributed by atoms with van der Waals surface area (Å²) >= 11 is 0. The summed E-state index contributed by atoms with van der Waals surface area (Å²) in [6.07, 6.45) is 14.0. The summed E-state index contributed by atoms with van der Waals surface area (Å²) in [6, 6.07) is 14.4. The highest BCUT2D eigenvalue weighted by Crippen LogP contribution is 2.41. The van der Waals surface area contributed by atoms with E-state index in [4.69, 9.17) is 4.74 Å². The predicted octanol–water partition coefficient (Wildman–Crippen LogP) is 11.0. The van der Waals surface area contributed by atoms with Crippen molar-refractivity contribution in [2.75, 3.05) is 0 Å². The maximum absolute atomic E-state index is 14.9. The number of benzene rings is 2. The Morgan fingerprint density at radius 2 is 1.36 bits per heavy atom. The molecular weight excluding hydrogens is 493 g/mol. The van der Waals surface area contributed by atoms with Crippen molar-refractivity contribution < 1.29 is 17.9 Å². The zero-order chi connectivity index (χ0) is 27.7. The topological polar surface area (TPSA) is 9.23 Å². The Kier molecular flexibility index (Phi) is 10.9. The van der Waals surface area contributed by atoms with Crippen LogP contribution in [0.2, 0.25) is 0 Å². The van der Waals surface area contributed by atoms with Crippen molar-refractivity contribution in [1.82, 2.24) is 0 Å². The maximum atomic E-state index is 14.9. The first-order chi connectivity index (χ1) is 18.9. The Balaban J connectivity index is 1.25. The highest BCUT2D eigenvalue weighted by Gasteiger charge is 2.43. The second-order valence-electron chi connectivity index (χ2n) is 11.6. The molecule has 2 aromatic carbocycles. The molecule has 2 fully saturated rings. The Labute approximate surface area is 233 Å². The summed E-state index contributed by atoms with van der Waals surface area (Å²) < 4.78 is 49.1. The highest BCUT2D eigenvalue weighted by molar-refractivity contribution is 5.28. The van der Waals surface area contributed by atoms with E-state index in [1.165, 1.54) is 49.8 Å². The van der Waals surface area contributed by atoms with Crippen LogP contribution in [0, 0.1) is 11.8 Å². The lowest BCUT2D eigenvalue weighted by molar-refractivity contribution is -0.282. The van der Waals surface area contributed by atoms with E-state index in [-0.39, 0.29) is 12.2 Å². The number of allylic oxidation sites excluding steroid dienone is 4. The number of hydrogen-bond donors (Lipinski definition) is 0. The van der Waals surface area contributed by atoms with Gasteiger partial charge in [-0.2, -0.15) is 8.78 Å². The zero-order valence-electron chi connectivity index (χ0n) is 23.6. The monoisotopic (exact) mass is 538 g/mol. The largest absolute Gasteiger partial charge is 0.391 e. The molecule has 1 nitrogen and oxygen atoms in total. The van der Waals surface area contributed by atoms with Gasteiger partial charge in [-0.1, -0.05) is 72.8 Å². The van der Waals surface area contributed by atoms with E-state index in [9.17, 15) is 13.2 Å². The van der Waals surface area contributed by atoms with Crippen molar-refractivity contribution in [3.63, 3.8) is 0 Å². The molecule has 0 spiro atoms. The second kappa shape index (κ2) is 14.3. The molecule has 1 atom stereocenters. The molecule has 0 saturated heterocycles. The van der Waals surface area contributed by atoms with Crippen molar-refractivity contribution in [2.45, 2.75) is 109 Å². The summed E-state index contributed by atoms with van der Waals surface area (Å²) in [7, 11) is 0. The van der Waals surface area contributed by atoms with Gasteiger partial charge in [0.1, 0.15) is 0 Å². The number of rotatable bonds is 11. The van der Waals surface area contributed by atoms with E-state index in [0.717, 1.165) is 43.6 Å². The van der Waals surface area contributed by atoms with E-state index < -0.39 is 12.3 Å². The van der Waals surface area contributed by atoms with Crippen LogP contribution in [0.4, 0.5) is 13.2 Å². The molecule has 1 unspecified atom stereocenters. The van der Waals surface area contributed by atoms with Crippen LogP contribution in [0.5, 0.6) is 0 Å². The predicted molar refractivity (Wildman–Crippen MR) is 155 cm³/mol. The van der Waals surface area contributed by atoms with E-state index in [1.54, 1.807) is 0 Å². The van der Waals surface area contributed by atoms with Crippen molar-refractivity contribution in [3.05, 3.63) is 95.1 Å². The standard InChI is InChI=1S/C35H45F3O/c1-3-5-6-8-27-11-17-30(18-12-27)32-21-23-33(24-22-32)34(36)35(37,38)39-25-28-13-19-31(20-14-28)29-15-9-26(7-4-2)10-16-29/h3-5,7,13-14,19-24,26-27,29-30,34H,6,8-12,15-18,25H2,1-2H3. The Bertz CT molecular complexity index is 1040. The maximum Gasteiger partial charge on any atom is 0.391 e. The summed E-state index contributed by atoms with van der Waals surface area (Å²) in [4.78, 5) is 0. The summed E-state index contributed by atoms with van der Waals surface area (Å²) in [5.74, 6) is 2.38. The van der Waals surface area contributed by atoms with Crippen molar-refractivity contribution in [1.29, 1.82) is 0 Å². The summed E-state index contributed by atoms with van der Waals surface area (Å²) in [5.41, 5.74) is 2.96. The molecule has 39 heavy (non-hydrogen) atoms. The normalized spacial score (nSPS) is 25.4. The second-order valence-corrected chi connectivity index (χ2v) is 11.6. The first-order valence-corrected chi connectivity index (χ1v) is 15.0. The van der Waals surface area contributed by atoms with Gasteiger partial charge in [0.05, 0.1) is 6.61 Å². The Hall–Kier alpha value is -2.33. The summed E-state index contributed by atoms with van der Waals surface area (Å²) in [6.45, 7) is 3.80. The lowest BCUT2D eigenvalue weighted by Gasteiger charge is -2.29. The van der Waals surface area contributed by atoms with Crippen LogP contribution in [0.25, 0.3) is 0 Å². The molecule has 0 radical (unpaired) electrons. The zero-order valence-corrected chi connectivity index (χ0v) is 23.6. The average Bonchev–Trinajstić information content (AvgIpc) is 2.97. The van der Waals surface area contributed by atoms with E-state index in [1.807, 2.05) is 36.4 Å². The first kappa shape index (κ1) is 29.6. The van der Waals surface area contributed by atoms with Gasteiger partial charge >= 0.3 is 6.11 Å². The third-order valence-electron chi connectivity index (χ3n) is 8.94. The van der Waals surface area contributed by atoms with Crippen molar-refractivity contribution in [2.24, 2.45) is 11.8 Å². The molecule has 2 aliphatic rings. The van der Waals surface area contributed by atoms with Gasteiger partial charge in [0.2, 0.25) is 6.17 Å². The Morgan fingerprint density at radius 3 is 1.92 bits per heavy atom. The quantitative estimate of drug-likeness (QED) is 0.259. The smallest absolute Gasteiger partial charge is 0.313 e. The van der Waals surface area contributed by atoms with Crippen LogP contribution in [-0.4, -0.2) is 6.11 Å². The van der Waals surface area contributed by atoms with Crippen molar-refractivity contribution in [3.8, 4) is 0 Å². The molecule has 0 aromatic heterocycles. The van der Waals surface area contributed by atoms with Crippen LogP contribution >= 0.6 is 0 Å². The third-order valence-corrected chi connectivity index (χ3v) is 8.94. The van der Waals surface area contributed by atoms with Gasteiger partial charge in [-0.05, 0) is 124 Å². The fourth-order valence-corrected chi connectivity index (χ4v) is 6.47. The van der Waals surface area contributed by atoms with Crippen molar-refractivity contribution >= 4 is 0 Å². The van der Waals surface area contributed by atoms with Gasteiger partial charge in [0.25, 0.3) is 0 Å². The SMILES string of the molecule is CC=CCCC1CCC(c2ccc(C(F)C(F)(F)OCc3ccc(C4CCC(C=CC)CC4)cc3)cc2)CC1. The van der Waals surface area contributed by atoms with Crippen LogP contribution in [0.3, 0.4) is 0 Å². The molecule has 0 N–H and O–H groups in total. The van der Waals surface area contributed by atoms with Crippen LogP contribution in [0.1, 0.15) is 118 Å². The van der Waals surface area contributed by atoms with Crippen LogP contribution in [-0.2, 0) is 11.3 Å². The lowest BCUT2D eigenvalue weighted by atomic mass is 9.77. The van der Waals surface area contributed by atoms with Gasteiger partial charge in [-0.3, -0.25) is 0 Å². The molecule has 0 aliphatic heterocycles. The highest BCUT2D eigenvalue weighted by atomic mass is 19.3. The fourth-order valence-electron chi connectivity index (χ4n) is 6.47. The number of hydrogen-bond acceptors (Lipinski definition) is 1. The molecule has 2 aromatic rings. The minimum Gasteiger partial charge on any atom is -0.313 e. The fraction of sp³-hybridized carbons (Fsp3) is 0.543. The molecule has 212 valence electrons. The van der Waals surface area contributed by atoms with Gasteiger partial charge in [0.15, 0.2) is 0 Å². The number of halogens is 3. The summed E-state index contributed by atoms with van der Waals surface area (Å²) in [5, 5.41) is 0. The minimum absolute atomic E-state index is 0.0346. The van der Waals surface area contributed by atoms with Crippen LogP contribution in [0.15, 0.2) is 72.8 Å². The molecule has 2 aliphatic carbocycles. The molecular formula is C35H45F3O. The van der Waals surface area contributed by atoms with Gasteiger partial charge in [0, 0.05) is 0 Å².